The molecule has 0 aliphatic carbocycles. The van der Waals surface area contributed by atoms with Crippen LogP contribution in [-0.2, 0) is 11.3 Å². The number of para-hydroxylation sites is 1. The lowest BCUT2D eigenvalue weighted by molar-refractivity contribution is -0.121. The topological polar surface area (TPSA) is 70.7 Å². The van der Waals surface area contributed by atoms with Crippen LogP contribution in [0.15, 0.2) is 54.6 Å². The predicted octanol–water partition coefficient (Wildman–Crippen LogP) is 2.51. The summed E-state index contributed by atoms with van der Waals surface area (Å²) in [6.45, 7) is 1.79. The highest BCUT2D eigenvalue weighted by Gasteiger charge is 2.19. The van der Waals surface area contributed by atoms with Gasteiger partial charge in [0.05, 0.1) is 0 Å². The fourth-order valence-electron chi connectivity index (χ4n) is 2.56. The van der Waals surface area contributed by atoms with Crippen LogP contribution < -0.4 is 15.4 Å². The second kappa shape index (κ2) is 8.19. The molecule has 2 aromatic rings. The average molecular weight is 339 g/mol. The molecule has 6 heteroatoms. The van der Waals surface area contributed by atoms with Crippen molar-refractivity contribution in [2.75, 3.05) is 19.6 Å². The number of amides is 3. The molecule has 0 bridgehead atoms. The van der Waals surface area contributed by atoms with Crippen LogP contribution in [0.25, 0.3) is 0 Å². The van der Waals surface area contributed by atoms with Gasteiger partial charge < -0.3 is 20.3 Å². The molecule has 0 aromatic heterocycles. The number of hydrogen-bond acceptors (Lipinski definition) is 3. The van der Waals surface area contributed by atoms with Gasteiger partial charge in [-0.15, -0.1) is 0 Å². The zero-order valence-electron chi connectivity index (χ0n) is 13.9. The third-order valence-electron chi connectivity index (χ3n) is 3.89. The number of ether oxygens (including phenoxy) is 1. The first-order valence-electron chi connectivity index (χ1n) is 8.32. The molecule has 1 aliphatic heterocycles. The molecule has 0 saturated carbocycles. The van der Waals surface area contributed by atoms with Gasteiger partial charge in [0.15, 0.2) is 0 Å². The minimum Gasteiger partial charge on any atom is -0.457 e. The maximum atomic E-state index is 12.0. The van der Waals surface area contributed by atoms with E-state index in [1.54, 1.807) is 0 Å². The molecule has 3 amide bonds. The fraction of sp³-hybridized carbons (Fsp3) is 0.263. The van der Waals surface area contributed by atoms with Crippen molar-refractivity contribution >= 4 is 11.9 Å². The SMILES string of the molecule is O=C(CN1CCCNC1=O)NCc1ccc(Oc2ccccc2)cc1. The maximum Gasteiger partial charge on any atom is 0.317 e. The average Bonchev–Trinajstić information content (AvgIpc) is 2.64. The van der Waals surface area contributed by atoms with Crippen LogP contribution in [-0.4, -0.2) is 36.5 Å². The van der Waals surface area contributed by atoms with Crippen molar-refractivity contribution in [3.63, 3.8) is 0 Å². The molecule has 0 radical (unpaired) electrons. The van der Waals surface area contributed by atoms with Gasteiger partial charge in [-0.05, 0) is 36.2 Å². The number of nitrogens with one attached hydrogen (secondary N) is 2. The van der Waals surface area contributed by atoms with E-state index in [9.17, 15) is 9.59 Å². The third kappa shape index (κ3) is 4.97. The molecule has 130 valence electrons. The minimum atomic E-state index is -0.177. The first kappa shape index (κ1) is 16.8. The first-order chi connectivity index (χ1) is 12.2. The molecule has 2 N–H and O–H groups in total. The lowest BCUT2D eigenvalue weighted by Crippen LogP contribution is -2.50. The molecule has 1 aliphatic rings. The Bertz CT molecular complexity index is 716. The molecular weight excluding hydrogens is 318 g/mol. The second-order valence-corrected chi connectivity index (χ2v) is 5.84. The van der Waals surface area contributed by atoms with Crippen LogP contribution in [0.1, 0.15) is 12.0 Å². The van der Waals surface area contributed by atoms with Crippen molar-refractivity contribution in [2.45, 2.75) is 13.0 Å². The van der Waals surface area contributed by atoms with Gasteiger partial charge in [0.1, 0.15) is 18.0 Å². The van der Waals surface area contributed by atoms with E-state index in [2.05, 4.69) is 10.6 Å². The van der Waals surface area contributed by atoms with Gasteiger partial charge in [-0.2, -0.15) is 0 Å². The van der Waals surface area contributed by atoms with Crippen molar-refractivity contribution in [1.29, 1.82) is 0 Å². The van der Waals surface area contributed by atoms with Gasteiger partial charge in [0.25, 0.3) is 0 Å². The first-order valence-corrected chi connectivity index (χ1v) is 8.32. The van der Waals surface area contributed by atoms with E-state index < -0.39 is 0 Å². The van der Waals surface area contributed by atoms with Crippen LogP contribution in [0, 0.1) is 0 Å². The monoisotopic (exact) mass is 339 g/mol. The van der Waals surface area contributed by atoms with E-state index in [-0.39, 0.29) is 18.5 Å². The van der Waals surface area contributed by atoms with Crippen LogP contribution in [0.5, 0.6) is 11.5 Å². The smallest absolute Gasteiger partial charge is 0.317 e. The summed E-state index contributed by atoms with van der Waals surface area (Å²) in [4.78, 5) is 25.1. The number of nitrogens with zero attached hydrogens (tertiary/aromatic N) is 1. The molecular formula is C19H21N3O3. The zero-order chi connectivity index (χ0) is 17.5. The summed E-state index contributed by atoms with van der Waals surface area (Å²) in [6.07, 6.45) is 0.863. The number of rotatable bonds is 6. The summed E-state index contributed by atoms with van der Waals surface area (Å²) < 4.78 is 5.73. The number of benzene rings is 2. The number of urea groups is 1. The van der Waals surface area contributed by atoms with Gasteiger partial charge in [0, 0.05) is 19.6 Å². The standard InChI is InChI=1S/C19H21N3O3/c23-18(14-22-12-4-11-20-19(22)24)21-13-15-7-9-17(10-8-15)25-16-5-2-1-3-6-16/h1-3,5-10H,4,11-14H2,(H,20,24)(H,21,23). The lowest BCUT2D eigenvalue weighted by Gasteiger charge is -2.26. The van der Waals surface area contributed by atoms with Gasteiger partial charge in [-0.1, -0.05) is 30.3 Å². The largest absolute Gasteiger partial charge is 0.457 e. The third-order valence-corrected chi connectivity index (χ3v) is 3.89. The van der Waals surface area contributed by atoms with Crippen LogP contribution in [0.3, 0.4) is 0 Å². The lowest BCUT2D eigenvalue weighted by atomic mass is 10.2. The molecule has 6 nitrogen and oxygen atoms in total. The van der Waals surface area contributed by atoms with Crippen molar-refractivity contribution in [3.05, 3.63) is 60.2 Å². The molecule has 1 heterocycles. The summed E-state index contributed by atoms with van der Waals surface area (Å²) in [5.41, 5.74) is 0.969. The Hall–Kier alpha value is -3.02. The number of carbonyl (C=O) groups excluding carboxylic acids is 2. The fourth-order valence-corrected chi connectivity index (χ4v) is 2.56. The van der Waals surface area contributed by atoms with Gasteiger partial charge in [0.2, 0.25) is 5.91 Å². The van der Waals surface area contributed by atoms with Crippen molar-refractivity contribution in [2.24, 2.45) is 0 Å². The summed E-state index contributed by atoms with van der Waals surface area (Å²) in [7, 11) is 0. The van der Waals surface area contributed by atoms with Crippen molar-refractivity contribution < 1.29 is 14.3 Å². The van der Waals surface area contributed by atoms with E-state index in [0.29, 0.717) is 19.6 Å². The number of carbonyl (C=O) groups is 2. The van der Waals surface area contributed by atoms with Crippen molar-refractivity contribution in [3.8, 4) is 11.5 Å². The van der Waals surface area contributed by atoms with Crippen LogP contribution in [0.2, 0.25) is 0 Å². The van der Waals surface area contributed by atoms with E-state index in [4.69, 9.17) is 4.74 Å². The molecule has 1 fully saturated rings. The summed E-state index contributed by atoms with van der Waals surface area (Å²) in [6, 6.07) is 16.9. The second-order valence-electron chi connectivity index (χ2n) is 5.84. The summed E-state index contributed by atoms with van der Waals surface area (Å²) in [5, 5.41) is 5.57. The van der Waals surface area contributed by atoms with E-state index in [1.807, 2.05) is 54.6 Å². The Balaban J connectivity index is 1.46. The van der Waals surface area contributed by atoms with Gasteiger partial charge >= 0.3 is 6.03 Å². The van der Waals surface area contributed by atoms with E-state index >= 15 is 0 Å². The van der Waals surface area contributed by atoms with Gasteiger partial charge in [-0.3, -0.25) is 4.79 Å². The van der Waals surface area contributed by atoms with Crippen LogP contribution in [0.4, 0.5) is 4.79 Å². The van der Waals surface area contributed by atoms with E-state index in [0.717, 1.165) is 23.5 Å². The Morgan fingerprint density at radius 2 is 1.80 bits per heavy atom. The summed E-state index contributed by atoms with van der Waals surface area (Å²) in [5.74, 6) is 1.36. The highest BCUT2D eigenvalue weighted by molar-refractivity contribution is 5.84. The molecule has 0 spiro atoms. The Morgan fingerprint density at radius 1 is 1.08 bits per heavy atom. The Morgan fingerprint density at radius 3 is 2.52 bits per heavy atom. The summed E-state index contributed by atoms with van der Waals surface area (Å²) >= 11 is 0. The van der Waals surface area contributed by atoms with Crippen molar-refractivity contribution in [1.82, 2.24) is 15.5 Å². The maximum absolute atomic E-state index is 12.0. The van der Waals surface area contributed by atoms with Gasteiger partial charge in [-0.25, -0.2) is 4.79 Å². The molecule has 3 rings (SSSR count). The highest BCUT2D eigenvalue weighted by atomic mass is 16.5. The molecule has 1 saturated heterocycles. The molecule has 0 atom stereocenters. The predicted molar refractivity (Wildman–Crippen MR) is 94.4 cm³/mol. The Labute approximate surface area is 146 Å². The number of hydrogen-bond donors (Lipinski definition) is 2. The van der Waals surface area contributed by atoms with E-state index in [1.165, 1.54) is 4.90 Å². The molecule has 2 aromatic carbocycles. The normalized spacial score (nSPS) is 13.9. The highest BCUT2D eigenvalue weighted by Crippen LogP contribution is 2.21. The Kier molecular flexibility index (Phi) is 5.51. The minimum absolute atomic E-state index is 0.0844. The zero-order valence-corrected chi connectivity index (χ0v) is 13.9. The van der Waals surface area contributed by atoms with Crippen LogP contribution >= 0.6 is 0 Å². The molecule has 25 heavy (non-hydrogen) atoms. The quantitative estimate of drug-likeness (QED) is 0.849. The molecule has 0 unspecified atom stereocenters.